The van der Waals surface area contributed by atoms with Crippen molar-refractivity contribution in [2.45, 2.75) is 0 Å². The van der Waals surface area contributed by atoms with E-state index in [2.05, 4.69) is 30.6 Å². The quantitative estimate of drug-likeness (QED) is 0.866. The fourth-order valence-corrected chi connectivity index (χ4v) is 4.89. The van der Waals surface area contributed by atoms with Gasteiger partial charge in [-0.05, 0) is 0 Å². The van der Waals surface area contributed by atoms with Crippen molar-refractivity contribution in [3.05, 3.63) is 10.8 Å². The van der Waals surface area contributed by atoms with Crippen LogP contribution in [0.1, 0.15) is 0 Å². The molecule has 0 saturated heterocycles. The zero-order valence-corrected chi connectivity index (χ0v) is 14.7. The molecule has 4 rings (SSSR count). The summed E-state index contributed by atoms with van der Waals surface area (Å²) in [7, 11) is 0. The third kappa shape index (κ3) is 3.29. The maximum absolute atomic E-state index is 4.58. The molecule has 6 nitrogen and oxygen atoms in total. The predicted octanol–water partition coefficient (Wildman–Crippen LogP) is 3.30. The lowest BCUT2D eigenvalue weighted by Crippen LogP contribution is -2.04. The number of aromatic nitrogens is 2. The van der Waals surface area contributed by atoms with Gasteiger partial charge in [0, 0.05) is 22.3 Å². The van der Waals surface area contributed by atoms with E-state index >= 15 is 0 Å². The van der Waals surface area contributed by atoms with Crippen LogP contribution < -0.4 is 10.6 Å². The minimum atomic E-state index is 0.862. The Kier molecular flexibility index (Phi) is 4.33. The second kappa shape index (κ2) is 6.57. The molecule has 0 aromatic carbocycles. The molecule has 0 amide bonds. The molecule has 2 aliphatic rings. The molecule has 0 unspecified atom stereocenters. The van der Waals surface area contributed by atoms with E-state index in [4.69, 9.17) is 0 Å². The van der Waals surface area contributed by atoms with Gasteiger partial charge in [-0.15, -0.1) is 22.7 Å². The molecular formula is C12H12N6S4. The summed E-state index contributed by atoms with van der Waals surface area (Å²) in [4.78, 5) is 17.9. The topological polar surface area (TPSA) is 74.6 Å². The summed E-state index contributed by atoms with van der Waals surface area (Å²) in [6, 6.07) is 0. The average molecular weight is 369 g/mol. The van der Waals surface area contributed by atoms with E-state index in [1.165, 1.54) is 0 Å². The summed E-state index contributed by atoms with van der Waals surface area (Å²) >= 11 is 6.61. The molecule has 4 heterocycles. The molecule has 0 atom stereocenters. The lowest BCUT2D eigenvalue weighted by Gasteiger charge is -1.99. The Balaban J connectivity index is 1.45. The maximum Gasteiger partial charge on any atom is 0.189 e. The monoisotopic (exact) mass is 368 g/mol. The Bertz CT molecular complexity index is 671. The highest BCUT2D eigenvalue weighted by Gasteiger charge is 2.14. The average Bonchev–Trinajstić information content (AvgIpc) is 3.27. The lowest BCUT2D eigenvalue weighted by atomic mass is 10.4. The van der Waals surface area contributed by atoms with E-state index in [9.17, 15) is 0 Å². The molecule has 114 valence electrons. The van der Waals surface area contributed by atoms with Gasteiger partial charge in [0.2, 0.25) is 0 Å². The molecule has 0 bridgehead atoms. The maximum atomic E-state index is 4.58. The van der Waals surface area contributed by atoms with Crippen LogP contribution in [0.2, 0.25) is 0 Å². The first kappa shape index (κ1) is 14.5. The number of nitrogens with zero attached hydrogens (tertiary/aromatic N) is 4. The predicted molar refractivity (Wildman–Crippen MR) is 100.0 cm³/mol. The van der Waals surface area contributed by atoms with Crippen molar-refractivity contribution < 1.29 is 0 Å². The SMILES string of the molecule is c1sc(NC2=NCCS2)nc1-c1csc(NC2=NCCS2)n1. The number of aliphatic imine (C=N–C) groups is 2. The van der Waals surface area contributed by atoms with E-state index in [1.54, 1.807) is 46.2 Å². The van der Waals surface area contributed by atoms with Gasteiger partial charge in [0.25, 0.3) is 0 Å². The van der Waals surface area contributed by atoms with Crippen LogP contribution in [0.25, 0.3) is 11.4 Å². The normalized spacial score (nSPS) is 17.5. The van der Waals surface area contributed by atoms with Gasteiger partial charge in [0.15, 0.2) is 20.6 Å². The number of nitrogens with one attached hydrogen (secondary N) is 2. The van der Waals surface area contributed by atoms with Crippen molar-refractivity contribution in [2.75, 3.05) is 35.2 Å². The van der Waals surface area contributed by atoms with Crippen molar-refractivity contribution in [1.82, 2.24) is 9.97 Å². The summed E-state index contributed by atoms with van der Waals surface area (Å²) in [6.07, 6.45) is 0. The van der Waals surface area contributed by atoms with E-state index in [0.717, 1.165) is 56.6 Å². The molecule has 0 radical (unpaired) electrons. The summed E-state index contributed by atoms with van der Waals surface area (Å²) in [5.41, 5.74) is 1.78. The molecule has 2 aromatic rings. The molecular weight excluding hydrogens is 356 g/mol. The summed E-state index contributed by atoms with van der Waals surface area (Å²) < 4.78 is 0. The molecule has 2 aliphatic heterocycles. The number of thioether (sulfide) groups is 2. The first-order chi connectivity index (χ1) is 10.9. The Morgan fingerprint density at radius 3 is 1.68 bits per heavy atom. The van der Waals surface area contributed by atoms with Crippen LogP contribution in [-0.2, 0) is 0 Å². The van der Waals surface area contributed by atoms with Gasteiger partial charge in [-0.1, -0.05) is 23.5 Å². The van der Waals surface area contributed by atoms with Crippen molar-refractivity contribution >= 4 is 66.8 Å². The molecule has 2 aromatic heterocycles. The van der Waals surface area contributed by atoms with Crippen LogP contribution in [0.5, 0.6) is 0 Å². The lowest BCUT2D eigenvalue weighted by molar-refractivity contribution is 1.17. The zero-order valence-electron chi connectivity index (χ0n) is 11.4. The van der Waals surface area contributed by atoms with E-state index in [-0.39, 0.29) is 0 Å². The van der Waals surface area contributed by atoms with Gasteiger partial charge < -0.3 is 10.6 Å². The van der Waals surface area contributed by atoms with E-state index in [1.807, 2.05) is 10.8 Å². The van der Waals surface area contributed by atoms with Gasteiger partial charge in [0.05, 0.1) is 13.1 Å². The third-order valence-electron chi connectivity index (χ3n) is 2.87. The smallest absolute Gasteiger partial charge is 0.189 e. The second-order valence-electron chi connectivity index (χ2n) is 4.40. The summed E-state index contributed by atoms with van der Waals surface area (Å²) in [5.74, 6) is 2.09. The van der Waals surface area contributed by atoms with Crippen LogP contribution in [0.3, 0.4) is 0 Å². The Morgan fingerprint density at radius 2 is 1.27 bits per heavy atom. The van der Waals surface area contributed by atoms with Crippen molar-refractivity contribution in [1.29, 1.82) is 0 Å². The summed E-state index contributed by atoms with van der Waals surface area (Å²) in [5, 5.41) is 14.2. The van der Waals surface area contributed by atoms with Gasteiger partial charge in [-0.2, -0.15) is 0 Å². The molecule has 2 N–H and O–H groups in total. The van der Waals surface area contributed by atoms with Crippen molar-refractivity contribution in [3.8, 4) is 11.4 Å². The first-order valence-corrected chi connectivity index (χ1v) is 10.4. The highest BCUT2D eigenvalue weighted by molar-refractivity contribution is 8.14. The van der Waals surface area contributed by atoms with Crippen LogP contribution in [0.15, 0.2) is 20.7 Å². The zero-order chi connectivity index (χ0) is 14.8. The highest BCUT2D eigenvalue weighted by Crippen LogP contribution is 2.29. The standard InChI is InChI=1S/C12H12N6S4/c1-3-19-9(13-1)17-11-15-7(5-21-11)8-6-22-12(16-8)18-10-14-2-4-20-10/h5-6H,1-4H2,(H,13,15,17)(H,14,16,18). The van der Waals surface area contributed by atoms with E-state index in [0.29, 0.717) is 0 Å². The Morgan fingerprint density at radius 1 is 0.773 bits per heavy atom. The molecule has 0 fully saturated rings. The van der Waals surface area contributed by atoms with Crippen molar-refractivity contribution in [3.63, 3.8) is 0 Å². The number of hydrogen-bond donors (Lipinski definition) is 2. The van der Waals surface area contributed by atoms with Gasteiger partial charge in [-0.3, -0.25) is 9.98 Å². The van der Waals surface area contributed by atoms with Crippen LogP contribution >= 0.6 is 46.2 Å². The molecule has 22 heavy (non-hydrogen) atoms. The fourth-order valence-electron chi connectivity index (χ4n) is 1.90. The number of anilines is 2. The highest BCUT2D eigenvalue weighted by atomic mass is 32.2. The molecule has 0 saturated carbocycles. The minimum Gasteiger partial charge on any atom is -0.311 e. The van der Waals surface area contributed by atoms with Crippen molar-refractivity contribution in [2.24, 2.45) is 9.98 Å². The number of hydrogen-bond acceptors (Lipinski definition) is 10. The number of rotatable bonds is 3. The second-order valence-corrected chi connectivity index (χ2v) is 8.28. The summed E-state index contributed by atoms with van der Waals surface area (Å²) in [6.45, 7) is 1.77. The minimum absolute atomic E-state index is 0.862. The first-order valence-electron chi connectivity index (χ1n) is 6.67. The largest absolute Gasteiger partial charge is 0.311 e. The van der Waals surface area contributed by atoms with Gasteiger partial charge >= 0.3 is 0 Å². The van der Waals surface area contributed by atoms with Crippen LogP contribution in [0, 0.1) is 0 Å². The van der Waals surface area contributed by atoms with Crippen LogP contribution in [-0.4, -0.2) is 44.9 Å². The van der Waals surface area contributed by atoms with Gasteiger partial charge in [-0.25, -0.2) is 9.97 Å². The molecule has 0 spiro atoms. The molecule has 10 heteroatoms. The van der Waals surface area contributed by atoms with Gasteiger partial charge in [0.1, 0.15) is 11.4 Å². The molecule has 0 aliphatic carbocycles. The number of thiazole rings is 2. The number of amidine groups is 2. The fraction of sp³-hybridized carbons (Fsp3) is 0.333. The van der Waals surface area contributed by atoms with Crippen LogP contribution in [0.4, 0.5) is 10.3 Å². The Labute approximate surface area is 144 Å². The third-order valence-corrected chi connectivity index (χ3v) is 6.17. The van der Waals surface area contributed by atoms with E-state index < -0.39 is 0 Å². The Hall–Kier alpha value is -1.10.